The molecular formula is C11H11N3O. The van der Waals surface area contributed by atoms with Gasteiger partial charge in [-0.1, -0.05) is 19.1 Å². The normalized spacial score (nSPS) is 20.1. The number of amides is 1. The summed E-state index contributed by atoms with van der Waals surface area (Å²) in [5, 5.41) is 2.81. The fourth-order valence-corrected chi connectivity index (χ4v) is 1.95. The molecule has 1 amide bonds. The number of rotatable bonds is 0. The van der Waals surface area contributed by atoms with Crippen molar-refractivity contribution in [3.8, 4) is 0 Å². The molecule has 4 nitrogen and oxygen atoms in total. The fourth-order valence-electron chi connectivity index (χ4n) is 1.95. The Labute approximate surface area is 86.9 Å². The first kappa shape index (κ1) is 8.47. The number of carbonyl (C=O) groups excluding carboxylic acids is 1. The number of carbonyl (C=O) groups is 1. The van der Waals surface area contributed by atoms with Crippen LogP contribution in [-0.2, 0) is 11.3 Å². The molecule has 0 saturated carbocycles. The summed E-state index contributed by atoms with van der Waals surface area (Å²) in [6.45, 7) is 2.63. The molecule has 4 heteroatoms. The van der Waals surface area contributed by atoms with Crippen LogP contribution < -0.4 is 5.32 Å². The molecule has 3 rings (SSSR count). The second kappa shape index (κ2) is 2.82. The van der Waals surface area contributed by atoms with Crippen molar-refractivity contribution in [1.82, 2.24) is 9.55 Å². The molecule has 0 bridgehead atoms. The number of benzene rings is 1. The van der Waals surface area contributed by atoms with Gasteiger partial charge in [0.15, 0.2) is 0 Å². The van der Waals surface area contributed by atoms with Crippen molar-refractivity contribution in [3.05, 3.63) is 24.3 Å². The van der Waals surface area contributed by atoms with E-state index in [0.717, 1.165) is 11.0 Å². The number of fused-ring (bicyclic) bond motifs is 3. The third kappa shape index (κ3) is 1.14. The van der Waals surface area contributed by atoms with E-state index in [2.05, 4.69) is 14.9 Å². The van der Waals surface area contributed by atoms with Crippen molar-refractivity contribution >= 4 is 22.9 Å². The lowest BCUT2D eigenvalue weighted by molar-refractivity contribution is -0.120. The van der Waals surface area contributed by atoms with E-state index in [9.17, 15) is 4.79 Å². The Kier molecular flexibility index (Phi) is 1.59. The quantitative estimate of drug-likeness (QED) is 0.704. The van der Waals surface area contributed by atoms with Gasteiger partial charge in [-0.15, -0.1) is 0 Å². The monoisotopic (exact) mass is 201 g/mol. The van der Waals surface area contributed by atoms with Gasteiger partial charge < -0.3 is 4.57 Å². The van der Waals surface area contributed by atoms with E-state index >= 15 is 0 Å². The zero-order valence-electron chi connectivity index (χ0n) is 8.40. The maximum Gasteiger partial charge on any atom is 0.231 e. The number of hydrogen-bond acceptors (Lipinski definition) is 2. The Morgan fingerprint density at radius 1 is 1.47 bits per heavy atom. The number of anilines is 1. The van der Waals surface area contributed by atoms with E-state index in [-0.39, 0.29) is 11.8 Å². The standard InChI is InChI=1S/C11H11N3O/c1-7-6-14-9-5-3-2-4-8(9)12-11(14)13-10(7)15/h2-5,7H,6H2,1H3,(H,12,13,15)/t7-/m0/s1. The summed E-state index contributed by atoms with van der Waals surface area (Å²) in [5.41, 5.74) is 2.02. The average Bonchev–Trinajstić information content (AvgIpc) is 2.57. The van der Waals surface area contributed by atoms with Gasteiger partial charge in [0, 0.05) is 6.54 Å². The van der Waals surface area contributed by atoms with E-state index in [4.69, 9.17) is 0 Å². The predicted octanol–water partition coefficient (Wildman–Crippen LogP) is 1.62. The fraction of sp³-hybridized carbons (Fsp3) is 0.273. The molecule has 0 radical (unpaired) electrons. The lowest BCUT2D eigenvalue weighted by atomic mass is 10.1. The van der Waals surface area contributed by atoms with Crippen molar-refractivity contribution in [1.29, 1.82) is 0 Å². The Balaban J connectivity index is 2.25. The SMILES string of the molecule is C[C@H]1Cn2c(nc3ccccc32)NC1=O. The molecule has 1 aliphatic rings. The molecule has 0 fully saturated rings. The van der Waals surface area contributed by atoms with Crippen LogP contribution in [0, 0.1) is 5.92 Å². The average molecular weight is 201 g/mol. The van der Waals surface area contributed by atoms with Gasteiger partial charge in [-0.2, -0.15) is 0 Å². The van der Waals surface area contributed by atoms with E-state index in [0.29, 0.717) is 12.5 Å². The molecule has 2 aromatic rings. The topological polar surface area (TPSA) is 46.9 Å². The van der Waals surface area contributed by atoms with Crippen LogP contribution >= 0.6 is 0 Å². The Morgan fingerprint density at radius 3 is 3.13 bits per heavy atom. The number of aromatic nitrogens is 2. The van der Waals surface area contributed by atoms with Crippen molar-refractivity contribution in [2.45, 2.75) is 13.5 Å². The smallest absolute Gasteiger partial charge is 0.231 e. The summed E-state index contributed by atoms with van der Waals surface area (Å²) in [7, 11) is 0. The Morgan fingerprint density at radius 2 is 2.27 bits per heavy atom. The summed E-state index contributed by atoms with van der Waals surface area (Å²) in [6, 6.07) is 7.92. The van der Waals surface area contributed by atoms with Crippen LogP contribution in [0.2, 0.25) is 0 Å². The van der Waals surface area contributed by atoms with Gasteiger partial charge in [0.1, 0.15) is 0 Å². The summed E-state index contributed by atoms with van der Waals surface area (Å²) in [6.07, 6.45) is 0. The van der Waals surface area contributed by atoms with Crippen LogP contribution in [0.15, 0.2) is 24.3 Å². The van der Waals surface area contributed by atoms with Crippen molar-refractivity contribution in [2.75, 3.05) is 5.32 Å². The van der Waals surface area contributed by atoms with Gasteiger partial charge in [-0.25, -0.2) is 4.98 Å². The lowest BCUT2D eigenvalue weighted by Gasteiger charge is -2.20. The molecule has 0 unspecified atom stereocenters. The number of hydrogen-bond donors (Lipinski definition) is 1. The van der Waals surface area contributed by atoms with Crippen LogP contribution in [0.3, 0.4) is 0 Å². The molecule has 0 spiro atoms. The highest BCUT2D eigenvalue weighted by Crippen LogP contribution is 2.24. The van der Waals surface area contributed by atoms with Crippen molar-refractivity contribution in [3.63, 3.8) is 0 Å². The van der Waals surface area contributed by atoms with Gasteiger partial charge >= 0.3 is 0 Å². The first-order valence-electron chi connectivity index (χ1n) is 5.02. The van der Waals surface area contributed by atoms with Gasteiger partial charge in [-0.3, -0.25) is 10.1 Å². The summed E-state index contributed by atoms with van der Waals surface area (Å²) in [4.78, 5) is 15.8. The summed E-state index contributed by atoms with van der Waals surface area (Å²) in [5.74, 6) is 0.729. The van der Waals surface area contributed by atoms with Crippen LogP contribution in [-0.4, -0.2) is 15.5 Å². The third-order valence-electron chi connectivity index (χ3n) is 2.79. The molecule has 1 N–H and O–H groups in total. The molecule has 15 heavy (non-hydrogen) atoms. The summed E-state index contributed by atoms with van der Waals surface area (Å²) < 4.78 is 2.06. The minimum atomic E-state index is 0.00936. The molecule has 1 aromatic carbocycles. The van der Waals surface area contributed by atoms with Crippen molar-refractivity contribution in [2.24, 2.45) is 5.92 Å². The molecule has 0 saturated heterocycles. The number of imidazole rings is 1. The highest BCUT2D eigenvalue weighted by molar-refractivity contribution is 5.94. The predicted molar refractivity (Wildman–Crippen MR) is 57.5 cm³/mol. The third-order valence-corrected chi connectivity index (χ3v) is 2.79. The second-order valence-corrected chi connectivity index (χ2v) is 3.93. The number of nitrogens with zero attached hydrogens (tertiary/aromatic N) is 2. The first-order valence-corrected chi connectivity index (χ1v) is 5.02. The maximum atomic E-state index is 11.5. The van der Waals surface area contributed by atoms with Crippen LogP contribution in [0.25, 0.3) is 11.0 Å². The molecule has 2 heterocycles. The zero-order chi connectivity index (χ0) is 10.4. The summed E-state index contributed by atoms with van der Waals surface area (Å²) >= 11 is 0. The van der Waals surface area contributed by atoms with E-state index in [1.807, 2.05) is 31.2 Å². The van der Waals surface area contributed by atoms with E-state index in [1.54, 1.807) is 0 Å². The second-order valence-electron chi connectivity index (χ2n) is 3.93. The maximum absolute atomic E-state index is 11.5. The molecule has 1 aliphatic heterocycles. The zero-order valence-corrected chi connectivity index (χ0v) is 8.40. The Hall–Kier alpha value is -1.84. The van der Waals surface area contributed by atoms with E-state index < -0.39 is 0 Å². The van der Waals surface area contributed by atoms with Crippen LogP contribution in [0.5, 0.6) is 0 Å². The number of nitrogens with one attached hydrogen (secondary N) is 1. The molecule has 76 valence electrons. The molecule has 1 atom stereocenters. The van der Waals surface area contributed by atoms with E-state index in [1.165, 1.54) is 0 Å². The molecule has 0 aliphatic carbocycles. The van der Waals surface area contributed by atoms with Crippen LogP contribution in [0.1, 0.15) is 6.92 Å². The largest absolute Gasteiger partial charge is 0.309 e. The first-order chi connectivity index (χ1) is 7.25. The van der Waals surface area contributed by atoms with Gasteiger partial charge in [0.05, 0.1) is 17.0 Å². The Bertz CT molecular complexity index is 544. The van der Waals surface area contributed by atoms with Gasteiger partial charge in [0.25, 0.3) is 0 Å². The highest BCUT2D eigenvalue weighted by Gasteiger charge is 2.24. The highest BCUT2D eigenvalue weighted by atomic mass is 16.2. The minimum Gasteiger partial charge on any atom is -0.309 e. The molecule has 1 aromatic heterocycles. The minimum absolute atomic E-state index is 0.00936. The number of para-hydroxylation sites is 2. The van der Waals surface area contributed by atoms with Gasteiger partial charge in [0.2, 0.25) is 11.9 Å². The van der Waals surface area contributed by atoms with Crippen molar-refractivity contribution < 1.29 is 4.79 Å². The lowest BCUT2D eigenvalue weighted by Crippen LogP contribution is -2.31. The van der Waals surface area contributed by atoms with Gasteiger partial charge in [-0.05, 0) is 12.1 Å². The molecular weight excluding hydrogens is 190 g/mol. The van der Waals surface area contributed by atoms with Crippen LogP contribution in [0.4, 0.5) is 5.95 Å².